The fourth-order valence-electron chi connectivity index (χ4n) is 1.67. The lowest BCUT2D eigenvalue weighted by Crippen LogP contribution is -2.05. The van der Waals surface area contributed by atoms with Crippen molar-refractivity contribution in [3.63, 3.8) is 0 Å². The summed E-state index contributed by atoms with van der Waals surface area (Å²) < 4.78 is 5.17. The van der Waals surface area contributed by atoms with Crippen LogP contribution in [-0.4, -0.2) is 17.1 Å². The number of carbonyl (C=O) groups excluding carboxylic acids is 1. The zero-order chi connectivity index (χ0) is 15.2. The number of thioether (sulfide) groups is 1. The number of rotatable bonds is 5. The zero-order valence-electron chi connectivity index (χ0n) is 11.3. The van der Waals surface area contributed by atoms with Crippen molar-refractivity contribution in [2.45, 2.75) is 11.5 Å². The van der Waals surface area contributed by atoms with E-state index in [0.717, 1.165) is 4.90 Å². The van der Waals surface area contributed by atoms with Crippen molar-refractivity contribution in [1.29, 1.82) is 0 Å². The molecular weight excluding hydrogens is 290 g/mol. The highest BCUT2D eigenvalue weighted by molar-refractivity contribution is 7.98. The van der Waals surface area contributed by atoms with Crippen molar-refractivity contribution < 1.29 is 14.5 Å². The van der Waals surface area contributed by atoms with Gasteiger partial charge in [0.05, 0.1) is 10.5 Å². The Bertz CT molecular complexity index is 638. The maximum atomic E-state index is 11.9. The number of carbonyl (C=O) groups is 1. The molecule has 0 N–H and O–H groups in total. The molecule has 108 valence electrons. The number of non-ortho nitro benzene ring substituents is 1. The first kappa shape index (κ1) is 15.1. The first-order chi connectivity index (χ1) is 10.1. The van der Waals surface area contributed by atoms with Crippen molar-refractivity contribution in [2.24, 2.45) is 0 Å². The first-order valence-corrected chi connectivity index (χ1v) is 7.37. The molecule has 0 saturated carbocycles. The van der Waals surface area contributed by atoms with E-state index in [4.69, 9.17) is 4.74 Å². The van der Waals surface area contributed by atoms with Crippen LogP contribution in [0.5, 0.6) is 0 Å². The minimum Gasteiger partial charge on any atom is -0.457 e. The van der Waals surface area contributed by atoms with Crippen molar-refractivity contribution in [1.82, 2.24) is 0 Å². The Labute approximate surface area is 126 Å². The second-order valence-electron chi connectivity index (χ2n) is 4.23. The molecule has 2 rings (SSSR count). The minimum atomic E-state index is -0.469. The third kappa shape index (κ3) is 4.06. The van der Waals surface area contributed by atoms with E-state index in [0.29, 0.717) is 11.1 Å². The Hall–Kier alpha value is -2.34. The molecule has 0 atom stereocenters. The highest BCUT2D eigenvalue weighted by atomic mass is 32.2. The van der Waals surface area contributed by atoms with E-state index in [1.54, 1.807) is 36.0 Å². The Kier molecular flexibility index (Phi) is 4.94. The van der Waals surface area contributed by atoms with Crippen LogP contribution in [0.1, 0.15) is 15.9 Å². The largest absolute Gasteiger partial charge is 0.457 e. The van der Waals surface area contributed by atoms with E-state index in [1.807, 2.05) is 18.4 Å². The molecule has 0 radical (unpaired) electrons. The SMILES string of the molecule is CSc1ccc(C(=O)OCc2ccc([N+](=O)[O-])cc2)cc1. The third-order valence-electron chi connectivity index (χ3n) is 2.84. The monoisotopic (exact) mass is 303 g/mol. The molecule has 0 fully saturated rings. The van der Waals surface area contributed by atoms with Crippen LogP contribution in [0.2, 0.25) is 0 Å². The number of esters is 1. The van der Waals surface area contributed by atoms with E-state index in [2.05, 4.69) is 0 Å². The molecule has 0 bridgehead atoms. The lowest BCUT2D eigenvalue weighted by Gasteiger charge is -2.05. The van der Waals surface area contributed by atoms with Gasteiger partial charge in [0, 0.05) is 17.0 Å². The molecule has 0 heterocycles. The van der Waals surface area contributed by atoms with Crippen LogP contribution in [0.25, 0.3) is 0 Å². The zero-order valence-corrected chi connectivity index (χ0v) is 12.1. The Balaban J connectivity index is 1.95. The van der Waals surface area contributed by atoms with E-state index in [1.165, 1.54) is 12.1 Å². The van der Waals surface area contributed by atoms with Gasteiger partial charge < -0.3 is 4.74 Å². The summed E-state index contributed by atoms with van der Waals surface area (Å²) in [5, 5.41) is 10.5. The van der Waals surface area contributed by atoms with Gasteiger partial charge in [-0.15, -0.1) is 11.8 Å². The molecule has 0 aliphatic heterocycles. The van der Waals surface area contributed by atoms with Crippen molar-refractivity contribution >= 4 is 23.4 Å². The summed E-state index contributed by atoms with van der Waals surface area (Å²) in [5.74, 6) is -0.416. The standard InChI is InChI=1S/C15H13NO4S/c1-21-14-8-4-12(5-9-14)15(17)20-10-11-2-6-13(7-3-11)16(18)19/h2-9H,10H2,1H3. The van der Waals surface area contributed by atoms with E-state index >= 15 is 0 Å². The number of nitro groups is 1. The Morgan fingerprint density at radius 2 is 1.76 bits per heavy atom. The van der Waals surface area contributed by atoms with Crippen LogP contribution in [-0.2, 0) is 11.3 Å². The second kappa shape index (κ2) is 6.90. The van der Waals surface area contributed by atoms with Crippen LogP contribution in [0.15, 0.2) is 53.4 Å². The summed E-state index contributed by atoms with van der Waals surface area (Å²) in [7, 11) is 0. The van der Waals surface area contributed by atoms with Gasteiger partial charge in [0.1, 0.15) is 6.61 Å². The molecule has 5 nitrogen and oxygen atoms in total. The smallest absolute Gasteiger partial charge is 0.338 e. The molecule has 0 aliphatic rings. The lowest BCUT2D eigenvalue weighted by molar-refractivity contribution is -0.384. The predicted octanol–water partition coefficient (Wildman–Crippen LogP) is 3.67. The molecule has 0 amide bonds. The molecule has 2 aromatic rings. The number of ether oxygens (including phenoxy) is 1. The molecule has 21 heavy (non-hydrogen) atoms. The molecule has 0 aromatic heterocycles. The summed E-state index contributed by atoms with van der Waals surface area (Å²) in [6.07, 6.45) is 1.96. The highest BCUT2D eigenvalue weighted by Crippen LogP contribution is 2.16. The fourth-order valence-corrected chi connectivity index (χ4v) is 2.08. The van der Waals surface area contributed by atoms with Crippen LogP contribution in [0.4, 0.5) is 5.69 Å². The quantitative estimate of drug-likeness (QED) is 0.365. The first-order valence-electron chi connectivity index (χ1n) is 6.14. The van der Waals surface area contributed by atoms with Gasteiger partial charge in [-0.1, -0.05) is 0 Å². The summed E-state index contributed by atoms with van der Waals surface area (Å²) >= 11 is 1.60. The molecular formula is C15H13NO4S. The van der Waals surface area contributed by atoms with Gasteiger partial charge in [-0.2, -0.15) is 0 Å². The van der Waals surface area contributed by atoms with E-state index in [9.17, 15) is 14.9 Å². The average molecular weight is 303 g/mol. The Morgan fingerprint density at radius 3 is 2.29 bits per heavy atom. The molecule has 0 saturated heterocycles. The normalized spacial score (nSPS) is 10.1. The van der Waals surface area contributed by atoms with E-state index < -0.39 is 10.9 Å². The average Bonchev–Trinajstić information content (AvgIpc) is 2.53. The number of nitrogens with zero attached hydrogens (tertiary/aromatic N) is 1. The van der Waals surface area contributed by atoms with Gasteiger partial charge in [0.2, 0.25) is 0 Å². The number of hydrogen-bond donors (Lipinski definition) is 0. The maximum Gasteiger partial charge on any atom is 0.338 e. The summed E-state index contributed by atoms with van der Waals surface area (Å²) in [4.78, 5) is 23.0. The van der Waals surface area contributed by atoms with Gasteiger partial charge in [-0.05, 0) is 48.2 Å². The predicted molar refractivity (Wildman–Crippen MR) is 80.4 cm³/mol. The van der Waals surface area contributed by atoms with Crippen LogP contribution < -0.4 is 0 Å². The van der Waals surface area contributed by atoms with Gasteiger partial charge in [-0.25, -0.2) is 4.79 Å². The summed E-state index contributed by atoms with van der Waals surface area (Å²) in [6, 6.07) is 13.0. The maximum absolute atomic E-state index is 11.9. The third-order valence-corrected chi connectivity index (χ3v) is 3.59. The second-order valence-corrected chi connectivity index (χ2v) is 5.11. The lowest BCUT2D eigenvalue weighted by atomic mass is 10.2. The summed E-state index contributed by atoms with van der Waals surface area (Å²) in [5.41, 5.74) is 1.20. The number of benzene rings is 2. The number of nitro benzene ring substituents is 1. The van der Waals surface area contributed by atoms with Gasteiger partial charge in [-0.3, -0.25) is 10.1 Å². The summed E-state index contributed by atoms with van der Waals surface area (Å²) in [6.45, 7) is 0.0844. The van der Waals surface area contributed by atoms with Gasteiger partial charge >= 0.3 is 5.97 Å². The van der Waals surface area contributed by atoms with E-state index in [-0.39, 0.29) is 12.3 Å². The molecule has 0 unspecified atom stereocenters. The molecule has 0 spiro atoms. The van der Waals surface area contributed by atoms with Crippen molar-refractivity contribution in [3.05, 3.63) is 69.8 Å². The van der Waals surface area contributed by atoms with Crippen LogP contribution >= 0.6 is 11.8 Å². The van der Waals surface area contributed by atoms with Crippen molar-refractivity contribution in [3.8, 4) is 0 Å². The van der Waals surface area contributed by atoms with Crippen LogP contribution in [0.3, 0.4) is 0 Å². The Morgan fingerprint density at radius 1 is 1.14 bits per heavy atom. The minimum absolute atomic E-state index is 0.0118. The van der Waals surface area contributed by atoms with Crippen LogP contribution in [0, 0.1) is 10.1 Å². The molecule has 2 aromatic carbocycles. The molecule has 6 heteroatoms. The number of hydrogen-bond acceptors (Lipinski definition) is 5. The highest BCUT2D eigenvalue weighted by Gasteiger charge is 2.08. The van der Waals surface area contributed by atoms with Gasteiger partial charge in [0.25, 0.3) is 5.69 Å². The van der Waals surface area contributed by atoms with Gasteiger partial charge in [0.15, 0.2) is 0 Å². The topological polar surface area (TPSA) is 69.4 Å². The molecule has 0 aliphatic carbocycles. The fraction of sp³-hybridized carbons (Fsp3) is 0.133. The van der Waals surface area contributed by atoms with Crippen molar-refractivity contribution in [2.75, 3.05) is 6.26 Å².